The first-order chi connectivity index (χ1) is 15.2. The number of rotatable bonds is 6. The van der Waals surface area contributed by atoms with Crippen LogP contribution in [0.1, 0.15) is 5.56 Å². The molecular formula is C21H16ClFN4O4. The van der Waals surface area contributed by atoms with E-state index in [1.165, 1.54) is 0 Å². The van der Waals surface area contributed by atoms with E-state index in [0.717, 1.165) is 6.33 Å². The van der Waals surface area contributed by atoms with Gasteiger partial charge >= 0.3 is 0 Å². The first kappa shape index (κ1) is 20.5. The molecule has 1 aliphatic heterocycles. The molecule has 0 spiro atoms. The monoisotopic (exact) mass is 442 g/mol. The Hall–Kier alpha value is -3.72. The SMILES string of the molecule is CN=C(C1=NOCCO1)c1ccccc1Oc1ncnc(Oc2ccccc2Cl)c1F. The maximum absolute atomic E-state index is 15.0. The number of hydrogen-bond acceptors (Lipinski definition) is 8. The molecule has 0 saturated carbocycles. The quantitative estimate of drug-likeness (QED) is 0.517. The first-order valence-electron chi connectivity index (χ1n) is 9.17. The highest BCUT2D eigenvalue weighted by molar-refractivity contribution is 6.46. The number of nitrogens with zero attached hydrogens (tertiary/aromatic N) is 4. The van der Waals surface area contributed by atoms with Crippen LogP contribution in [0.3, 0.4) is 0 Å². The van der Waals surface area contributed by atoms with Gasteiger partial charge in [-0.1, -0.05) is 35.9 Å². The second kappa shape index (κ2) is 9.40. The average Bonchev–Trinajstić information content (AvgIpc) is 2.80. The van der Waals surface area contributed by atoms with Crippen LogP contribution in [0.4, 0.5) is 4.39 Å². The Balaban J connectivity index is 1.65. The second-order valence-corrected chi connectivity index (χ2v) is 6.49. The lowest BCUT2D eigenvalue weighted by Gasteiger charge is -2.17. The molecule has 0 atom stereocenters. The molecule has 8 nitrogen and oxygen atoms in total. The van der Waals surface area contributed by atoms with Gasteiger partial charge in [0.2, 0.25) is 5.82 Å². The Morgan fingerprint density at radius 2 is 1.68 bits per heavy atom. The van der Waals surface area contributed by atoms with E-state index in [2.05, 4.69) is 20.1 Å². The van der Waals surface area contributed by atoms with Crippen LogP contribution < -0.4 is 9.47 Å². The summed E-state index contributed by atoms with van der Waals surface area (Å²) in [6.45, 7) is 0.684. The van der Waals surface area contributed by atoms with Crippen LogP contribution in [0.5, 0.6) is 23.3 Å². The van der Waals surface area contributed by atoms with Crippen LogP contribution in [0.15, 0.2) is 65.0 Å². The minimum absolute atomic E-state index is 0.204. The molecule has 3 aromatic rings. The number of ether oxygens (including phenoxy) is 3. The van der Waals surface area contributed by atoms with Crippen molar-refractivity contribution in [3.8, 4) is 23.3 Å². The van der Waals surface area contributed by atoms with Gasteiger partial charge in [-0.3, -0.25) is 4.99 Å². The molecule has 0 saturated heterocycles. The first-order valence-corrected chi connectivity index (χ1v) is 9.55. The number of hydrogen-bond donors (Lipinski definition) is 0. The fourth-order valence-corrected chi connectivity index (χ4v) is 2.89. The minimum atomic E-state index is -0.887. The molecule has 31 heavy (non-hydrogen) atoms. The van der Waals surface area contributed by atoms with E-state index in [1.54, 1.807) is 55.6 Å². The molecule has 0 fully saturated rings. The average molecular weight is 443 g/mol. The van der Waals surface area contributed by atoms with E-state index in [0.29, 0.717) is 29.5 Å². The number of aliphatic imine (C=N–C) groups is 1. The molecule has 2 heterocycles. The third kappa shape index (κ3) is 4.56. The van der Waals surface area contributed by atoms with Gasteiger partial charge in [0.25, 0.3) is 17.7 Å². The number of halogens is 2. The fourth-order valence-electron chi connectivity index (χ4n) is 2.72. The Morgan fingerprint density at radius 1 is 1.00 bits per heavy atom. The van der Waals surface area contributed by atoms with Gasteiger partial charge < -0.3 is 19.0 Å². The molecule has 0 aliphatic carbocycles. The Bertz CT molecular complexity index is 1160. The van der Waals surface area contributed by atoms with Crippen molar-refractivity contribution in [2.45, 2.75) is 0 Å². The van der Waals surface area contributed by atoms with E-state index in [9.17, 15) is 0 Å². The zero-order chi connectivity index (χ0) is 21.6. The summed E-state index contributed by atoms with van der Waals surface area (Å²) in [4.78, 5) is 17.0. The summed E-state index contributed by atoms with van der Waals surface area (Å²) in [5.74, 6) is -0.809. The topological polar surface area (TPSA) is 87.4 Å². The lowest BCUT2D eigenvalue weighted by Crippen LogP contribution is -2.25. The molecule has 10 heteroatoms. The van der Waals surface area contributed by atoms with Gasteiger partial charge in [0.15, 0.2) is 6.61 Å². The van der Waals surface area contributed by atoms with E-state index >= 15 is 4.39 Å². The van der Waals surface area contributed by atoms with Gasteiger partial charge in [0.05, 0.1) is 5.02 Å². The van der Waals surface area contributed by atoms with E-state index in [1.807, 2.05) is 0 Å². The molecular weight excluding hydrogens is 427 g/mol. The van der Waals surface area contributed by atoms with Crippen molar-refractivity contribution in [2.24, 2.45) is 10.1 Å². The summed E-state index contributed by atoms with van der Waals surface area (Å²) >= 11 is 6.07. The predicted molar refractivity (Wildman–Crippen MR) is 112 cm³/mol. The van der Waals surface area contributed by atoms with Gasteiger partial charge in [-0.2, -0.15) is 14.4 Å². The summed E-state index contributed by atoms with van der Waals surface area (Å²) in [6, 6.07) is 13.5. The maximum atomic E-state index is 15.0. The Morgan fingerprint density at radius 3 is 2.35 bits per heavy atom. The van der Waals surface area contributed by atoms with Gasteiger partial charge in [-0.25, -0.2) is 0 Å². The Kier molecular flexibility index (Phi) is 6.23. The van der Waals surface area contributed by atoms with Gasteiger partial charge in [-0.05, 0) is 29.4 Å². The number of benzene rings is 2. The maximum Gasteiger partial charge on any atom is 0.276 e. The molecule has 1 aromatic heterocycles. The summed E-state index contributed by atoms with van der Waals surface area (Å²) in [7, 11) is 1.58. The smallest absolute Gasteiger partial charge is 0.276 e. The normalized spacial score (nSPS) is 13.6. The molecule has 1 aliphatic rings. The highest BCUT2D eigenvalue weighted by atomic mass is 35.5. The van der Waals surface area contributed by atoms with Crippen molar-refractivity contribution in [1.29, 1.82) is 0 Å². The lowest BCUT2D eigenvalue weighted by atomic mass is 10.1. The minimum Gasteiger partial charge on any atom is -0.470 e. The highest BCUT2D eigenvalue weighted by Gasteiger charge is 2.23. The van der Waals surface area contributed by atoms with Crippen molar-refractivity contribution >= 4 is 23.2 Å². The molecule has 2 aromatic carbocycles. The molecule has 0 bridgehead atoms. The van der Waals surface area contributed by atoms with Gasteiger partial charge in [0, 0.05) is 12.6 Å². The van der Waals surface area contributed by atoms with Crippen molar-refractivity contribution < 1.29 is 23.4 Å². The Labute approximate surface area is 181 Å². The van der Waals surface area contributed by atoms with Crippen molar-refractivity contribution in [3.05, 3.63) is 71.3 Å². The van der Waals surface area contributed by atoms with Crippen LogP contribution in [0.25, 0.3) is 0 Å². The van der Waals surface area contributed by atoms with Crippen LogP contribution in [0.2, 0.25) is 5.02 Å². The highest BCUT2D eigenvalue weighted by Crippen LogP contribution is 2.33. The van der Waals surface area contributed by atoms with Crippen LogP contribution >= 0.6 is 11.6 Å². The molecule has 4 rings (SSSR count). The number of para-hydroxylation sites is 2. The molecule has 0 amide bonds. The zero-order valence-electron chi connectivity index (χ0n) is 16.3. The van der Waals surface area contributed by atoms with Gasteiger partial charge in [-0.15, -0.1) is 0 Å². The lowest BCUT2D eigenvalue weighted by molar-refractivity contribution is 0.0676. The van der Waals surface area contributed by atoms with Crippen molar-refractivity contribution in [3.63, 3.8) is 0 Å². The van der Waals surface area contributed by atoms with Gasteiger partial charge in [0.1, 0.15) is 30.1 Å². The zero-order valence-corrected chi connectivity index (χ0v) is 17.0. The largest absolute Gasteiger partial charge is 0.470 e. The summed E-state index contributed by atoms with van der Waals surface area (Å²) in [5.41, 5.74) is 0.901. The van der Waals surface area contributed by atoms with E-state index in [4.69, 9.17) is 30.6 Å². The molecule has 0 N–H and O–H groups in total. The molecule has 158 valence electrons. The second-order valence-electron chi connectivity index (χ2n) is 6.08. The standard InChI is InChI=1S/C21H16ClFN4O4/c1-24-18(21-27-29-11-10-28-21)13-6-2-4-8-15(13)30-19-17(23)20(26-12-25-19)31-16-9-5-3-7-14(16)22/h2-9,12H,10-11H2,1H3. The van der Waals surface area contributed by atoms with Crippen molar-refractivity contribution in [2.75, 3.05) is 20.3 Å². The summed E-state index contributed by atoms with van der Waals surface area (Å²) in [5, 5.41) is 4.20. The summed E-state index contributed by atoms with van der Waals surface area (Å²) in [6.07, 6.45) is 1.13. The predicted octanol–water partition coefficient (Wildman–Crippen LogP) is 4.63. The molecule has 0 radical (unpaired) electrons. The van der Waals surface area contributed by atoms with Crippen molar-refractivity contribution in [1.82, 2.24) is 9.97 Å². The van der Waals surface area contributed by atoms with E-state index in [-0.39, 0.29) is 29.2 Å². The number of oxime groups is 1. The third-order valence-corrected chi connectivity index (χ3v) is 4.42. The van der Waals surface area contributed by atoms with Crippen LogP contribution in [-0.2, 0) is 9.57 Å². The van der Waals surface area contributed by atoms with E-state index < -0.39 is 5.82 Å². The summed E-state index contributed by atoms with van der Waals surface area (Å²) < 4.78 is 31.8. The van der Waals surface area contributed by atoms with Crippen LogP contribution in [0, 0.1) is 5.82 Å². The number of aromatic nitrogens is 2. The fraction of sp³-hybridized carbons (Fsp3) is 0.143. The third-order valence-electron chi connectivity index (χ3n) is 4.10. The van der Waals surface area contributed by atoms with Crippen LogP contribution in [-0.4, -0.2) is 41.8 Å². The molecule has 0 unspecified atom stereocenters.